The van der Waals surface area contributed by atoms with Gasteiger partial charge in [-0.2, -0.15) is 4.98 Å². The summed E-state index contributed by atoms with van der Waals surface area (Å²) in [5, 5.41) is 3.44. The molecule has 0 saturated heterocycles. The SMILES string of the molecule is CCOC(=O)c1c(C)oc2nc(C)nc(Nc3cccc(F)c3)c12. The zero-order chi connectivity index (χ0) is 17.3. The third kappa shape index (κ3) is 2.92. The monoisotopic (exact) mass is 329 g/mol. The highest BCUT2D eigenvalue weighted by Gasteiger charge is 2.24. The second-order valence-corrected chi connectivity index (χ2v) is 5.19. The molecule has 3 aromatic rings. The van der Waals surface area contributed by atoms with Crippen LogP contribution >= 0.6 is 0 Å². The number of nitrogens with zero attached hydrogens (tertiary/aromatic N) is 2. The number of hydrogen-bond donors (Lipinski definition) is 1. The molecule has 2 aromatic heterocycles. The Bertz CT molecular complexity index is 921. The number of carbonyl (C=O) groups excluding carboxylic acids is 1. The standard InChI is InChI=1S/C17H16FN3O3/c1-4-23-17(22)13-9(2)24-16-14(13)15(19-10(3)20-16)21-12-7-5-6-11(18)8-12/h5-8H,4H2,1-3H3,(H,19,20,21). The van der Waals surface area contributed by atoms with Gasteiger partial charge in [0.1, 0.15) is 28.8 Å². The summed E-state index contributed by atoms with van der Waals surface area (Å²) in [5.41, 5.74) is 1.05. The Kier molecular flexibility index (Phi) is 4.16. The number of nitrogens with one attached hydrogen (secondary N) is 1. The molecule has 24 heavy (non-hydrogen) atoms. The molecular formula is C17H16FN3O3. The quantitative estimate of drug-likeness (QED) is 0.732. The number of rotatable bonds is 4. The van der Waals surface area contributed by atoms with Crippen LogP contribution in [0.1, 0.15) is 28.9 Å². The van der Waals surface area contributed by atoms with Gasteiger partial charge in [0.25, 0.3) is 0 Å². The van der Waals surface area contributed by atoms with Crippen molar-refractivity contribution in [3.05, 3.63) is 47.2 Å². The predicted molar refractivity (Wildman–Crippen MR) is 86.9 cm³/mol. The Morgan fingerprint density at radius 2 is 2.12 bits per heavy atom. The Morgan fingerprint density at radius 3 is 2.83 bits per heavy atom. The summed E-state index contributed by atoms with van der Waals surface area (Å²) in [5.74, 6) is 0.332. The van der Waals surface area contributed by atoms with Crippen LogP contribution in [-0.2, 0) is 4.74 Å². The lowest BCUT2D eigenvalue weighted by atomic mass is 10.1. The van der Waals surface area contributed by atoms with Crippen LogP contribution in [0.15, 0.2) is 28.7 Å². The number of anilines is 2. The Labute approximate surface area is 137 Å². The summed E-state index contributed by atoms with van der Waals surface area (Å²) in [6.07, 6.45) is 0. The van der Waals surface area contributed by atoms with Crippen molar-refractivity contribution in [1.29, 1.82) is 0 Å². The summed E-state index contributed by atoms with van der Waals surface area (Å²) < 4.78 is 24.1. The highest BCUT2D eigenvalue weighted by molar-refractivity contribution is 6.08. The highest BCUT2D eigenvalue weighted by atomic mass is 19.1. The summed E-state index contributed by atoms with van der Waals surface area (Å²) in [4.78, 5) is 20.8. The van der Waals surface area contributed by atoms with Gasteiger partial charge >= 0.3 is 5.97 Å². The number of aromatic nitrogens is 2. The van der Waals surface area contributed by atoms with Gasteiger partial charge in [0, 0.05) is 5.69 Å². The summed E-state index contributed by atoms with van der Waals surface area (Å²) in [7, 11) is 0. The Hall–Kier alpha value is -2.96. The van der Waals surface area contributed by atoms with E-state index in [9.17, 15) is 9.18 Å². The van der Waals surface area contributed by atoms with Gasteiger partial charge in [-0.3, -0.25) is 0 Å². The minimum atomic E-state index is -0.511. The van der Waals surface area contributed by atoms with Crippen LogP contribution in [0.3, 0.4) is 0 Å². The van der Waals surface area contributed by atoms with Gasteiger partial charge < -0.3 is 14.5 Å². The molecule has 0 atom stereocenters. The first-order chi connectivity index (χ1) is 11.5. The van der Waals surface area contributed by atoms with Crippen LogP contribution in [0.5, 0.6) is 0 Å². The van der Waals surface area contributed by atoms with Crippen LogP contribution < -0.4 is 5.32 Å². The zero-order valence-electron chi connectivity index (χ0n) is 13.5. The van der Waals surface area contributed by atoms with E-state index in [1.807, 2.05) is 0 Å². The third-order valence-corrected chi connectivity index (χ3v) is 3.41. The topological polar surface area (TPSA) is 77.2 Å². The molecule has 7 heteroatoms. The maximum atomic E-state index is 13.4. The molecule has 3 rings (SSSR count). The van der Waals surface area contributed by atoms with Gasteiger partial charge in [-0.1, -0.05) is 6.07 Å². The number of ether oxygens (including phenoxy) is 1. The van der Waals surface area contributed by atoms with Gasteiger partial charge in [-0.05, 0) is 39.0 Å². The second kappa shape index (κ2) is 6.27. The normalized spacial score (nSPS) is 10.8. The van der Waals surface area contributed by atoms with Crippen molar-refractivity contribution in [2.75, 3.05) is 11.9 Å². The molecule has 0 amide bonds. The maximum Gasteiger partial charge on any atom is 0.342 e. The van der Waals surface area contributed by atoms with Crippen molar-refractivity contribution in [3.63, 3.8) is 0 Å². The molecule has 0 aliphatic carbocycles. The fourth-order valence-electron chi connectivity index (χ4n) is 2.46. The number of aryl methyl sites for hydroxylation is 2. The lowest BCUT2D eigenvalue weighted by molar-refractivity contribution is 0.0526. The summed E-state index contributed by atoms with van der Waals surface area (Å²) >= 11 is 0. The molecule has 0 aliphatic rings. The first kappa shape index (κ1) is 15.9. The molecule has 0 fully saturated rings. The van der Waals surface area contributed by atoms with E-state index in [1.165, 1.54) is 12.1 Å². The van der Waals surface area contributed by atoms with Crippen molar-refractivity contribution in [3.8, 4) is 0 Å². The zero-order valence-corrected chi connectivity index (χ0v) is 13.5. The molecule has 0 saturated carbocycles. The minimum Gasteiger partial charge on any atom is -0.462 e. The molecular weight excluding hydrogens is 313 g/mol. The van der Waals surface area contributed by atoms with E-state index in [4.69, 9.17) is 9.15 Å². The van der Waals surface area contributed by atoms with Crippen molar-refractivity contribution in [1.82, 2.24) is 9.97 Å². The van der Waals surface area contributed by atoms with Gasteiger partial charge in [0.2, 0.25) is 5.71 Å². The predicted octanol–water partition coefficient (Wildman–Crippen LogP) is 3.90. The van der Waals surface area contributed by atoms with Gasteiger partial charge in [-0.15, -0.1) is 0 Å². The minimum absolute atomic E-state index is 0.240. The average Bonchev–Trinajstić information content (AvgIpc) is 2.83. The van der Waals surface area contributed by atoms with E-state index in [0.717, 1.165) is 0 Å². The molecule has 0 spiro atoms. The van der Waals surface area contributed by atoms with Crippen molar-refractivity contribution >= 4 is 28.6 Å². The third-order valence-electron chi connectivity index (χ3n) is 3.41. The van der Waals surface area contributed by atoms with Crippen molar-refractivity contribution < 1.29 is 18.3 Å². The second-order valence-electron chi connectivity index (χ2n) is 5.19. The Balaban J connectivity index is 2.17. The van der Waals surface area contributed by atoms with Crippen LogP contribution in [0.25, 0.3) is 11.1 Å². The Morgan fingerprint density at radius 1 is 1.33 bits per heavy atom. The molecule has 1 N–H and O–H groups in total. The van der Waals surface area contributed by atoms with E-state index < -0.39 is 5.97 Å². The van der Waals surface area contributed by atoms with Gasteiger partial charge in [0.05, 0.1) is 12.0 Å². The lowest BCUT2D eigenvalue weighted by Crippen LogP contribution is -2.07. The summed E-state index contributed by atoms with van der Waals surface area (Å²) in [6, 6.07) is 5.96. The number of esters is 1. The molecule has 0 radical (unpaired) electrons. The molecule has 0 unspecified atom stereocenters. The largest absolute Gasteiger partial charge is 0.462 e. The number of carbonyl (C=O) groups is 1. The molecule has 124 valence electrons. The summed E-state index contributed by atoms with van der Waals surface area (Å²) in [6.45, 7) is 5.33. The van der Waals surface area contributed by atoms with Crippen LogP contribution in [0.2, 0.25) is 0 Å². The van der Waals surface area contributed by atoms with Gasteiger partial charge in [-0.25, -0.2) is 14.2 Å². The molecule has 0 bridgehead atoms. The molecule has 0 aliphatic heterocycles. The fourth-order valence-corrected chi connectivity index (χ4v) is 2.46. The molecule has 2 heterocycles. The highest BCUT2D eigenvalue weighted by Crippen LogP contribution is 2.32. The van der Waals surface area contributed by atoms with E-state index >= 15 is 0 Å². The molecule has 6 nitrogen and oxygen atoms in total. The number of halogens is 1. The van der Waals surface area contributed by atoms with Crippen LogP contribution in [0.4, 0.5) is 15.9 Å². The lowest BCUT2D eigenvalue weighted by Gasteiger charge is -2.08. The average molecular weight is 329 g/mol. The van der Waals surface area contributed by atoms with Crippen molar-refractivity contribution in [2.45, 2.75) is 20.8 Å². The van der Waals surface area contributed by atoms with E-state index in [2.05, 4.69) is 15.3 Å². The smallest absolute Gasteiger partial charge is 0.342 e. The van der Waals surface area contributed by atoms with Crippen LogP contribution in [0, 0.1) is 19.7 Å². The fraction of sp³-hybridized carbons (Fsp3) is 0.235. The molecule has 1 aromatic carbocycles. The van der Waals surface area contributed by atoms with E-state index in [-0.39, 0.29) is 23.7 Å². The number of fused-ring (bicyclic) bond motifs is 1. The maximum absolute atomic E-state index is 13.4. The van der Waals surface area contributed by atoms with E-state index in [0.29, 0.717) is 28.5 Å². The van der Waals surface area contributed by atoms with Crippen molar-refractivity contribution in [2.24, 2.45) is 0 Å². The first-order valence-electron chi connectivity index (χ1n) is 7.47. The number of furan rings is 1. The number of hydrogen-bond acceptors (Lipinski definition) is 6. The number of benzene rings is 1. The first-order valence-corrected chi connectivity index (χ1v) is 7.47. The van der Waals surface area contributed by atoms with Gasteiger partial charge in [0.15, 0.2) is 0 Å². The van der Waals surface area contributed by atoms with Crippen LogP contribution in [-0.4, -0.2) is 22.5 Å². The van der Waals surface area contributed by atoms with E-state index in [1.54, 1.807) is 32.9 Å².